The molecule has 0 saturated heterocycles. The lowest BCUT2D eigenvalue weighted by Gasteiger charge is -2.34. The van der Waals surface area contributed by atoms with Crippen molar-refractivity contribution in [3.8, 4) is 0 Å². The predicted octanol–water partition coefficient (Wildman–Crippen LogP) is 5.01. The number of amides is 1. The molecule has 0 bridgehead atoms. The van der Waals surface area contributed by atoms with E-state index >= 15 is 0 Å². The summed E-state index contributed by atoms with van der Waals surface area (Å²) in [6, 6.07) is 0.991. The molecular formula is C22H28F7N5O. The molecule has 2 atom stereocenters. The van der Waals surface area contributed by atoms with Crippen LogP contribution in [0.2, 0.25) is 0 Å². The Kier molecular flexibility index (Phi) is 8.28. The Morgan fingerprint density at radius 2 is 1.89 bits per heavy atom. The summed E-state index contributed by atoms with van der Waals surface area (Å²) in [6.07, 6.45) is -5.75. The minimum atomic E-state index is -4.69. The quantitative estimate of drug-likeness (QED) is 0.465. The molecule has 0 aromatic carbocycles. The van der Waals surface area contributed by atoms with Crippen LogP contribution in [0.3, 0.4) is 0 Å². The third kappa shape index (κ3) is 7.52. The summed E-state index contributed by atoms with van der Waals surface area (Å²) >= 11 is 0. The number of nitrogens with zero attached hydrogens (tertiary/aromatic N) is 3. The van der Waals surface area contributed by atoms with Gasteiger partial charge < -0.3 is 10.6 Å². The number of nitrogens with one attached hydrogen (secondary N) is 2. The van der Waals surface area contributed by atoms with Crippen LogP contribution in [0, 0.1) is 5.92 Å². The first-order valence-electron chi connectivity index (χ1n) is 11.4. The number of aromatic nitrogens is 3. The first-order chi connectivity index (χ1) is 16.2. The van der Waals surface area contributed by atoms with E-state index in [0.717, 1.165) is 6.20 Å². The zero-order valence-electron chi connectivity index (χ0n) is 19.3. The number of rotatable bonds is 9. The molecule has 2 aromatic rings. The second-order valence-corrected chi connectivity index (χ2v) is 9.26. The maximum atomic E-state index is 13.7. The van der Waals surface area contributed by atoms with Crippen molar-refractivity contribution in [1.29, 1.82) is 0 Å². The molecule has 1 saturated carbocycles. The molecule has 196 valence electrons. The number of carbonyl (C=O) groups is 1. The van der Waals surface area contributed by atoms with E-state index < -0.39 is 43.3 Å². The lowest BCUT2D eigenvalue weighted by Crippen LogP contribution is -2.37. The van der Waals surface area contributed by atoms with Crippen LogP contribution in [0.25, 0.3) is 5.65 Å². The lowest BCUT2D eigenvalue weighted by atomic mass is 9.81. The molecule has 1 aliphatic carbocycles. The normalized spacial score (nSPS) is 18.8. The molecule has 3 rings (SSSR count). The van der Waals surface area contributed by atoms with Crippen LogP contribution in [-0.4, -0.2) is 51.6 Å². The SMILES string of the molecule is CC(C)NC(c1cn2ncc(C(CC(F)F)C(=O)NCC(F)(F)F)cc2n1)C1CCC(F)(F)CC1. The average Bonchev–Trinajstić information content (AvgIpc) is 3.16. The van der Waals surface area contributed by atoms with E-state index in [1.54, 1.807) is 11.5 Å². The fourth-order valence-corrected chi connectivity index (χ4v) is 4.35. The highest BCUT2D eigenvalue weighted by Gasteiger charge is 2.39. The number of hydrogen-bond acceptors (Lipinski definition) is 4. The highest BCUT2D eigenvalue weighted by Crippen LogP contribution is 2.41. The number of carbonyl (C=O) groups excluding carboxylic acids is 1. The second-order valence-electron chi connectivity index (χ2n) is 9.26. The zero-order valence-corrected chi connectivity index (χ0v) is 19.3. The Morgan fingerprint density at radius 1 is 1.23 bits per heavy atom. The van der Waals surface area contributed by atoms with Crippen LogP contribution in [0.4, 0.5) is 30.7 Å². The third-order valence-corrected chi connectivity index (χ3v) is 6.02. The van der Waals surface area contributed by atoms with Crippen molar-refractivity contribution in [3.05, 3.63) is 29.7 Å². The van der Waals surface area contributed by atoms with E-state index in [0.29, 0.717) is 18.5 Å². The van der Waals surface area contributed by atoms with Gasteiger partial charge in [0, 0.05) is 25.3 Å². The highest BCUT2D eigenvalue weighted by atomic mass is 19.4. The predicted molar refractivity (Wildman–Crippen MR) is 113 cm³/mol. The largest absolute Gasteiger partial charge is 0.405 e. The minimum Gasteiger partial charge on any atom is -0.346 e. The summed E-state index contributed by atoms with van der Waals surface area (Å²) in [5.74, 6) is -5.55. The summed E-state index contributed by atoms with van der Waals surface area (Å²) in [5, 5.41) is 9.10. The molecule has 1 fully saturated rings. The van der Waals surface area contributed by atoms with Crippen molar-refractivity contribution in [3.63, 3.8) is 0 Å². The topological polar surface area (TPSA) is 71.3 Å². The van der Waals surface area contributed by atoms with Crippen LogP contribution in [0.15, 0.2) is 18.5 Å². The lowest BCUT2D eigenvalue weighted by molar-refractivity contribution is -0.139. The molecular weight excluding hydrogens is 483 g/mol. The fourth-order valence-electron chi connectivity index (χ4n) is 4.35. The van der Waals surface area contributed by atoms with Crippen LogP contribution in [0.5, 0.6) is 0 Å². The molecule has 0 radical (unpaired) electrons. The van der Waals surface area contributed by atoms with Gasteiger partial charge in [-0.15, -0.1) is 0 Å². The van der Waals surface area contributed by atoms with E-state index in [2.05, 4.69) is 15.4 Å². The van der Waals surface area contributed by atoms with Gasteiger partial charge in [0.25, 0.3) is 0 Å². The smallest absolute Gasteiger partial charge is 0.346 e. The molecule has 0 aliphatic heterocycles. The van der Waals surface area contributed by atoms with Gasteiger partial charge in [0.1, 0.15) is 6.54 Å². The van der Waals surface area contributed by atoms with E-state index in [1.165, 1.54) is 10.6 Å². The van der Waals surface area contributed by atoms with Crippen LogP contribution in [-0.2, 0) is 4.79 Å². The number of fused-ring (bicyclic) bond motifs is 1. The number of imidazole rings is 1. The summed E-state index contributed by atoms with van der Waals surface area (Å²) in [5.41, 5.74) is 0.725. The maximum Gasteiger partial charge on any atom is 0.405 e. The second kappa shape index (κ2) is 10.7. The standard InChI is InChI=1S/C22H28F7N5O/c1-12(2)32-19(13-3-5-21(25,26)6-4-13)16-10-34-18(33-16)7-14(9-31-34)15(8-17(23)24)20(35)30-11-22(27,28)29/h7,9-10,12-13,15,17,19,32H,3-6,8,11H2,1-2H3,(H,30,35). The van der Waals surface area contributed by atoms with Gasteiger partial charge in [0.05, 0.1) is 30.0 Å². The van der Waals surface area contributed by atoms with Gasteiger partial charge in [0.15, 0.2) is 5.65 Å². The van der Waals surface area contributed by atoms with Crippen molar-refractivity contribution in [2.45, 2.75) is 82.5 Å². The van der Waals surface area contributed by atoms with Crippen molar-refractivity contribution in [2.24, 2.45) is 5.92 Å². The average molecular weight is 511 g/mol. The van der Waals surface area contributed by atoms with Crippen LogP contribution < -0.4 is 10.6 Å². The van der Waals surface area contributed by atoms with Gasteiger partial charge in [-0.3, -0.25) is 4.79 Å². The van der Waals surface area contributed by atoms with Crippen molar-refractivity contribution < 1.29 is 35.5 Å². The highest BCUT2D eigenvalue weighted by molar-refractivity contribution is 5.83. The Balaban J connectivity index is 1.88. The first kappa shape index (κ1) is 27.2. The zero-order chi connectivity index (χ0) is 26.0. The molecule has 0 spiro atoms. The van der Waals surface area contributed by atoms with E-state index in [9.17, 15) is 35.5 Å². The summed E-state index contributed by atoms with van der Waals surface area (Å²) in [7, 11) is 0. The molecule has 2 N–H and O–H groups in total. The Morgan fingerprint density at radius 3 is 2.46 bits per heavy atom. The van der Waals surface area contributed by atoms with Gasteiger partial charge in [-0.05, 0) is 30.4 Å². The van der Waals surface area contributed by atoms with Gasteiger partial charge in [-0.1, -0.05) is 13.8 Å². The monoisotopic (exact) mass is 511 g/mol. The Hall–Kier alpha value is -2.44. The molecule has 2 unspecified atom stereocenters. The van der Waals surface area contributed by atoms with E-state index in [-0.39, 0.29) is 42.1 Å². The molecule has 2 heterocycles. The molecule has 13 heteroatoms. The van der Waals surface area contributed by atoms with Crippen LogP contribution in [0.1, 0.15) is 69.2 Å². The van der Waals surface area contributed by atoms with Crippen molar-refractivity contribution >= 4 is 11.6 Å². The van der Waals surface area contributed by atoms with Gasteiger partial charge in [-0.25, -0.2) is 27.1 Å². The number of halogens is 7. The summed E-state index contributed by atoms with van der Waals surface area (Å²) in [6.45, 7) is 2.17. The molecule has 1 amide bonds. The van der Waals surface area contributed by atoms with Crippen molar-refractivity contribution in [2.75, 3.05) is 6.54 Å². The maximum absolute atomic E-state index is 13.7. The Bertz CT molecular complexity index is 998. The summed E-state index contributed by atoms with van der Waals surface area (Å²) in [4.78, 5) is 16.8. The first-order valence-corrected chi connectivity index (χ1v) is 11.4. The van der Waals surface area contributed by atoms with E-state index in [1.807, 2.05) is 13.8 Å². The third-order valence-electron chi connectivity index (χ3n) is 6.02. The fraction of sp³-hybridized carbons (Fsp3) is 0.682. The summed E-state index contributed by atoms with van der Waals surface area (Å²) < 4.78 is 92.4. The Labute approximate surface area is 197 Å². The number of alkyl halides is 7. The van der Waals surface area contributed by atoms with Gasteiger partial charge in [-0.2, -0.15) is 18.3 Å². The molecule has 2 aromatic heterocycles. The number of hydrogen-bond donors (Lipinski definition) is 2. The van der Waals surface area contributed by atoms with E-state index in [4.69, 9.17) is 0 Å². The molecule has 35 heavy (non-hydrogen) atoms. The van der Waals surface area contributed by atoms with Gasteiger partial charge >= 0.3 is 6.18 Å². The van der Waals surface area contributed by atoms with Crippen LogP contribution >= 0.6 is 0 Å². The molecule has 6 nitrogen and oxygen atoms in total. The molecule has 1 aliphatic rings. The minimum absolute atomic E-state index is 0.000279. The van der Waals surface area contributed by atoms with Gasteiger partial charge in [0.2, 0.25) is 18.3 Å². The van der Waals surface area contributed by atoms with Crippen molar-refractivity contribution in [1.82, 2.24) is 25.2 Å².